The summed E-state index contributed by atoms with van der Waals surface area (Å²) in [6.07, 6.45) is 0. The van der Waals surface area contributed by atoms with Gasteiger partial charge in [0.25, 0.3) is 0 Å². The third-order valence-corrected chi connectivity index (χ3v) is 4.25. The molecule has 2 aromatic rings. The van der Waals surface area contributed by atoms with E-state index in [2.05, 4.69) is 25.0 Å². The smallest absolute Gasteiger partial charge is 0.246 e. The Morgan fingerprint density at radius 3 is 2.48 bits per heavy atom. The maximum absolute atomic E-state index is 5.72. The fraction of sp³-hybridized carbons (Fsp3) is 0.429. The van der Waals surface area contributed by atoms with Crippen molar-refractivity contribution in [1.82, 2.24) is 20.1 Å². The summed E-state index contributed by atoms with van der Waals surface area (Å²) in [4.78, 5) is 9.58. The molecule has 7 heteroatoms. The van der Waals surface area contributed by atoms with Gasteiger partial charge in [-0.1, -0.05) is 24.4 Å². The normalized spacial score (nSPS) is 17.9. The molecule has 1 aliphatic rings. The Bertz CT molecular complexity index is 653. The van der Waals surface area contributed by atoms with Gasteiger partial charge in [0, 0.05) is 26.2 Å². The molecule has 110 valence electrons. The number of para-hydroxylation sites is 1. The number of fused-ring (bicyclic) bond motifs is 1. The summed E-state index contributed by atoms with van der Waals surface area (Å²) >= 11 is 5.06. The highest BCUT2D eigenvalue weighted by Crippen LogP contribution is 2.15. The molecule has 1 aliphatic heterocycles. The van der Waals surface area contributed by atoms with Gasteiger partial charge in [-0.25, -0.2) is 4.98 Å². The van der Waals surface area contributed by atoms with Crippen LogP contribution in [-0.4, -0.2) is 57.3 Å². The summed E-state index contributed by atoms with van der Waals surface area (Å²) in [5.74, 6) is 0.691. The maximum atomic E-state index is 5.72. The second-order valence-electron chi connectivity index (χ2n) is 5.20. The molecule has 0 spiro atoms. The van der Waals surface area contributed by atoms with Crippen LogP contribution in [0.25, 0.3) is 11.0 Å². The second kappa shape index (κ2) is 5.87. The lowest BCUT2D eigenvalue weighted by Gasteiger charge is -2.37. The Hall–Kier alpha value is -1.86. The van der Waals surface area contributed by atoms with Crippen LogP contribution in [0.4, 0.5) is 5.95 Å². The summed E-state index contributed by atoms with van der Waals surface area (Å²) in [5, 5.41) is 8.46. The van der Waals surface area contributed by atoms with Gasteiger partial charge in [0.15, 0.2) is 0 Å². The number of hydrogen-bond donors (Lipinski definition) is 1. The van der Waals surface area contributed by atoms with E-state index in [4.69, 9.17) is 18.0 Å². The molecule has 1 fully saturated rings. The van der Waals surface area contributed by atoms with Crippen LogP contribution >= 0.6 is 12.2 Å². The Labute approximate surface area is 129 Å². The fourth-order valence-electron chi connectivity index (χ4n) is 2.50. The van der Waals surface area contributed by atoms with Gasteiger partial charge in [-0.2, -0.15) is 0 Å². The van der Waals surface area contributed by atoms with E-state index in [1.54, 1.807) is 0 Å². The van der Waals surface area contributed by atoms with Crippen molar-refractivity contribution in [2.75, 3.05) is 31.1 Å². The van der Waals surface area contributed by atoms with Crippen LogP contribution in [0.15, 0.2) is 24.3 Å². The number of piperazine rings is 1. The maximum Gasteiger partial charge on any atom is 0.246 e. The number of nitrogens with zero attached hydrogens (tertiary/aromatic N) is 5. The first kappa shape index (κ1) is 14.1. The number of thiocarbonyl (C=S) groups is 1. The molecule has 6 nitrogen and oxygen atoms in total. The van der Waals surface area contributed by atoms with E-state index in [-0.39, 0.29) is 6.04 Å². The minimum Gasteiger partial charge on any atom is -0.392 e. The first-order chi connectivity index (χ1) is 10.1. The van der Waals surface area contributed by atoms with Crippen LogP contribution in [0.1, 0.15) is 6.92 Å². The molecule has 1 atom stereocenters. The Balaban J connectivity index is 1.72. The second-order valence-corrected chi connectivity index (χ2v) is 5.67. The average molecular weight is 302 g/mol. The Morgan fingerprint density at radius 2 is 1.81 bits per heavy atom. The number of benzene rings is 1. The first-order valence-electron chi connectivity index (χ1n) is 7.03. The molecule has 1 unspecified atom stereocenters. The van der Waals surface area contributed by atoms with Crippen molar-refractivity contribution in [2.24, 2.45) is 5.73 Å². The minimum atomic E-state index is 0.137. The minimum absolute atomic E-state index is 0.137. The lowest BCUT2D eigenvalue weighted by Crippen LogP contribution is -2.53. The molecular weight excluding hydrogens is 284 g/mol. The third kappa shape index (κ3) is 2.93. The van der Waals surface area contributed by atoms with E-state index >= 15 is 0 Å². The van der Waals surface area contributed by atoms with Gasteiger partial charge in [-0.05, 0) is 19.1 Å². The quantitative estimate of drug-likeness (QED) is 0.842. The first-order valence-corrected chi connectivity index (χ1v) is 7.44. The Morgan fingerprint density at radius 1 is 1.14 bits per heavy atom. The zero-order chi connectivity index (χ0) is 14.8. The molecule has 21 heavy (non-hydrogen) atoms. The van der Waals surface area contributed by atoms with Crippen molar-refractivity contribution < 1.29 is 0 Å². The van der Waals surface area contributed by atoms with Crippen molar-refractivity contribution in [3.8, 4) is 0 Å². The van der Waals surface area contributed by atoms with Gasteiger partial charge in [-0.15, -0.1) is 10.2 Å². The van der Waals surface area contributed by atoms with Gasteiger partial charge < -0.3 is 10.6 Å². The largest absolute Gasteiger partial charge is 0.392 e. The fourth-order valence-corrected chi connectivity index (χ4v) is 2.64. The summed E-state index contributed by atoms with van der Waals surface area (Å²) in [6, 6.07) is 7.91. The SMILES string of the molecule is CC(C(N)=S)N1CCN(c2nnc3ccccc3n2)CC1. The lowest BCUT2D eigenvalue weighted by molar-refractivity contribution is 0.238. The van der Waals surface area contributed by atoms with Crippen LogP contribution in [0.2, 0.25) is 0 Å². The summed E-state index contributed by atoms with van der Waals surface area (Å²) < 4.78 is 0. The molecule has 0 amide bonds. The van der Waals surface area contributed by atoms with Crippen molar-refractivity contribution in [3.05, 3.63) is 24.3 Å². The van der Waals surface area contributed by atoms with E-state index < -0.39 is 0 Å². The topological polar surface area (TPSA) is 71.2 Å². The van der Waals surface area contributed by atoms with Crippen molar-refractivity contribution in [3.63, 3.8) is 0 Å². The molecule has 3 rings (SSSR count). The third-order valence-electron chi connectivity index (χ3n) is 3.91. The molecule has 1 aromatic heterocycles. The van der Waals surface area contributed by atoms with Crippen molar-refractivity contribution >= 4 is 34.2 Å². The molecule has 0 saturated carbocycles. The summed E-state index contributed by atoms with van der Waals surface area (Å²) in [7, 11) is 0. The molecular formula is C14H18N6S. The summed E-state index contributed by atoms with van der Waals surface area (Å²) in [6.45, 7) is 5.55. The lowest BCUT2D eigenvalue weighted by atomic mass is 10.2. The van der Waals surface area contributed by atoms with Gasteiger partial charge >= 0.3 is 0 Å². The number of hydrogen-bond acceptors (Lipinski definition) is 6. The van der Waals surface area contributed by atoms with Gasteiger partial charge in [0.1, 0.15) is 5.52 Å². The summed E-state index contributed by atoms with van der Waals surface area (Å²) in [5.41, 5.74) is 7.41. The highest BCUT2D eigenvalue weighted by atomic mass is 32.1. The number of nitrogens with two attached hydrogens (primary N) is 1. The average Bonchev–Trinajstić information content (AvgIpc) is 2.54. The van der Waals surface area contributed by atoms with Gasteiger partial charge in [0.2, 0.25) is 5.95 Å². The van der Waals surface area contributed by atoms with E-state index in [0.717, 1.165) is 37.2 Å². The predicted molar refractivity (Wildman–Crippen MR) is 87.4 cm³/mol. The molecule has 0 aliphatic carbocycles. The van der Waals surface area contributed by atoms with Gasteiger partial charge in [0.05, 0.1) is 16.5 Å². The van der Waals surface area contributed by atoms with Crippen molar-refractivity contribution in [1.29, 1.82) is 0 Å². The molecule has 1 saturated heterocycles. The van der Waals surface area contributed by atoms with E-state index in [1.165, 1.54) is 0 Å². The Kier molecular flexibility index (Phi) is 3.94. The highest BCUT2D eigenvalue weighted by molar-refractivity contribution is 7.80. The zero-order valence-corrected chi connectivity index (χ0v) is 12.8. The molecule has 0 radical (unpaired) electrons. The molecule has 1 aromatic carbocycles. The van der Waals surface area contributed by atoms with Crippen LogP contribution < -0.4 is 10.6 Å². The monoisotopic (exact) mass is 302 g/mol. The van der Waals surface area contributed by atoms with E-state index in [9.17, 15) is 0 Å². The van der Waals surface area contributed by atoms with Crippen LogP contribution in [0.3, 0.4) is 0 Å². The predicted octanol–water partition coefficient (Wildman–Crippen LogP) is 0.821. The number of aromatic nitrogens is 3. The van der Waals surface area contributed by atoms with E-state index in [1.807, 2.05) is 31.2 Å². The number of rotatable bonds is 3. The standard InChI is InChI=1S/C14H18N6S/c1-10(13(15)21)19-6-8-20(9-7-19)14-16-11-4-2-3-5-12(11)17-18-14/h2-5,10H,6-9H2,1H3,(H2,15,21). The van der Waals surface area contributed by atoms with Crippen LogP contribution in [0, 0.1) is 0 Å². The molecule has 2 heterocycles. The number of anilines is 1. The molecule has 0 bridgehead atoms. The van der Waals surface area contributed by atoms with E-state index in [0.29, 0.717) is 10.9 Å². The van der Waals surface area contributed by atoms with Crippen molar-refractivity contribution in [2.45, 2.75) is 13.0 Å². The highest BCUT2D eigenvalue weighted by Gasteiger charge is 2.24. The van der Waals surface area contributed by atoms with Gasteiger partial charge in [-0.3, -0.25) is 4.90 Å². The van der Waals surface area contributed by atoms with Crippen LogP contribution in [0.5, 0.6) is 0 Å². The zero-order valence-electron chi connectivity index (χ0n) is 11.9. The van der Waals surface area contributed by atoms with Crippen LogP contribution in [-0.2, 0) is 0 Å². The molecule has 2 N–H and O–H groups in total.